The van der Waals surface area contributed by atoms with Gasteiger partial charge in [-0.2, -0.15) is 0 Å². The smallest absolute Gasteiger partial charge is 0.255 e. The van der Waals surface area contributed by atoms with Gasteiger partial charge in [0, 0.05) is 12.5 Å². The highest BCUT2D eigenvalue weighted by molar-refractivity contribution is 7.13. The molecule has 0 aromatic carbocycles. The highest BCUT2D eigenvalue weighted by Crippen LogP contribution is 2.34. The van der Waals surface area contributed by atoms with Crippen molar-refractivity contribution in [2.75, 3.05) is 12.8 Å². The molecule has 9 heteroatoms. The molecule has 3 N–H and O–H groups in total. The van der Waals surface area contributed by atoms with Crippen LogP contribution >= 0.6 is 11.3 Å². The molecule has 4 rings (SSSR count). The minimum absolute atomic E-state index is 0.169. The fraction of sp³-hybridized carbons (Fsp3) is 0.235. The zero-order valence-electron chi connectivity index (χ0n) is 14.2. The van der Waals surface area contributed by atoms with E-state index in [0.29, 0.717) is 29.3 Å². The second kappa shape index (κ2) is 6.34. The molecule has 0 bridgehead atoms. The Hall–Kier alpha value is -3.07. The van der Waals surface area contributed by atoms with Gasteiger partial charge in [-0.05, 0) is 13.0 Å². The molecule has 0 radical (unpaired) electrons. The number of pyridine rings is 1. The number of carbonyl (C=O) groups is 1. The number of aryl methyl sites for hydroxylation is 1. The van der Waals surface area contributed by atoms with Gasteiger partial charge in [0.2, 0.25) is 11.8 Å². The summed E-state index contributed by atoms with van der Waals surface area (Å²) in [5.74, 6) is 0.477. The van der Waals surface area contributed by atoms with Gasteiger partial charge in [-0.25, -0.2) is 19.9 Å². The average Bonchev–Trinajstić information content (AvgIpc) is 3.10. The molecule has 1 atom stereocenters. The van der Waals surface area contributed by atoms with Crippen molar-refractivity contribution in [1.29, 1.82) is 0 Å². The highest BCUT2D eigenvalue weighted by atomic mass is 32.1. The molecule has 4 heterocycles. The van der Waals surface area contributed by atoms with Crippen molar-refractivity contribution in [3.8, 4) is 16.5 Å². The summed E-state index contributed by atoms with van der Waals surface area (Å²) in [4.78, 5) is 30.7. The summed E-state index contributed by atoms with van der Waals surface area (Å²) in [6.07, 6.45) is 0.495. The monoisotopic (exact) mass is 368 g/mol. The van der Waals surface area contributed by atoms with Gasteiger partial charge in [-0.15, -0.1) is 11.3 Å². The number of nitrogens with one attached hydrogen (secondary N) is 1. The third-order valence-electron chi connectivity index (χ3n) is 4.20. The molecular formula is C17H16N6O2S. The van der Waals surface area contributed by atoms with Crippen LogP contribution in [0, 0.1) is 6.92 Å². The van der Waals surface area contributed by atoms with E-state index < -0.39 is 0 Å². The van der Waals surface area contributed by atoms with Gasteiger partial charge >= 0.3 is 0 Å². The first-order chi connectivity index (χ1) is 12.6. The van der Waals surface area contributed by atoms with E-state index in [9.17, 15) is 4.79 Å². The maximum Gasteiger partial charge on any atom is 0.255 e. The Kier molecular flexibility index (Phi) is 4.00. The number of ether oxygens (including phenoxy) is 1. The zero-order chi connectivity index (χ0) is 18.3. The van der Waals surface area contributed by atoms with Crippen LogP contribution in [0.2, 0.25) is 0 Å². The van der Waals surface area contributed by atoms with Gasteiger partial charge in [-0.1, -0.05) is 6.07 Å². The van der Waals surface area contributed by atoms with Gasteiger partial charge in [-0.3, -0.25) is 4.79 Å². The van der Waals surface area contributed by atoms with Crippen molar-refractivity contribution in [3.63, 3.8) is 0 Å². The second-order valence-electron chi connectivity index (χ2n) is 5.85. The minimum Gasteiger partial charge on any atom is -0.481 e. The summed E-state index contributed by atoms with van der Waals surface area (Å²) in [5, 5.41) is 3.00. The van der Waals surface area contributed by atoms with Crippen LogP contribution in [0.5, 0.6) is 5.88 Å². The molecule has 3 aromatic heterocycles. The summed E-state index contributed by atoms with van der Waals surface area (Å²) < 4.78 is 5.20. The Labute approximate surface area is 153 Å². The second-order valence-corrected chi connectivity index (χ2v) is 6.71. The van der Waals surface area contributed by atoms with Crippen LogP contribution < -0.4 is 15.8 Å². The van der Waals surface area contributed by atoms with E-state index in [2.05, 4.69) is 25.3 Å². The fourth-order valence-electron chi connectivity index (χ4n) is 3.09. The van der Waals surface area contributed by atoms with Gasteiger partial charge < -0.3 is 15.8 Å². The van der Waals surface area contributed by atoms with Gasteiger partial charge in [0.15, 0.2) is 0 Å². The van der Waals surface area contributed by atoms with Gasteiger partial charge in [0.25, 0.3) is 5.91 Å². The van der Waals surface area contributed by atoms with E-state index in [4.69, 9.17) is 10.5 Å². The fourth-order valence-corrected chi connectivity index (χ4v) is 3.91. The number of fused-ring (bicyclic) bond motifs is 1. The SMILES string of the molecule is COc1cccc(-c2scnc2C2Cc3nc(N)nc(C)c3C(=O)N2)n1. The summed E-state index contributed by atoms with van der Waals surface area (Å²) in [7, 11) is 1.57. The third-order valence-corrected chi connectivity index (χ3v) is 5.07. The number of hydrogen-bond acceptors (Lipinski definition) is 8. The Bertz CT molecular complexity index is 1000. The first kappa shape index (κ1) is 16.4. The molecular weight excluding hydrogens is 352 g/mol. The lowest BCUT2D eigenvalue weighted by Crippen LogP contribution is -2.37. The Morgan fingerprint density at radius 1 is 1.31 bits per heavy atom. The van der Waals surface area contributed by atoms with Crippen molar-refractivity contribution in [2.45, 2.75) is 19.4 Å². The molecule has 1 amide bonds. The quantitative estimate of drug-likeness (QED) is 0.725. The standard InChI is InChI=1S/C17H16N6O2S/c1-8-13-10(23-17(18)20-8)6-11(22-16(13)24)14-15(26-7-19-14)9-4-3-5-12(21-9)25-2/h3-5,7,11H,6H2,1-2H3,(H,22,24)(H2,18,20,23). The number of methoxy groups -OCH3 is 1. The highest BCUT2D eigenvalue weighted by Gasteiger charge is 2.31. The molecule has 0 aliphatic carbocycles. The number of aromatic nitrogens is 4. The maximum absolute atomic E-state index is 12.6. The third kappa shape index (κ3) is 2.76. The molecule has 0 spiro atoms. The Morgan fingerprint density at radius 2 is 2.15 bits per heavy atom. The van der Waals surface area contributed by atoms with E-state index >= 15 is 0 Å². The maximum atomic E-state index is 12.6. The lowest BCUT2D eigenvalue weighted by molar-refractivity contribution is 0.0921. The predicted octanol–water partition coefficient (Wildman–Crippen LogP) is 1.92. The summed E-state index contributed by atoms with van der Waals surface area (Å²) in [6.45, 7) is 1.76. The van der Waals surface area contributed by atoms with E-state index in [1.807, 2.05) is 12.1 Å². The minimum atomic E-state index is -0.307. The van der Waals surface area contributed by atoms with E-state index in [1.54, 1.807) is 25.6 Å². The van der Waals surface area contributed by atoms with Crippen molar-refractivity contribution in [1.82, 2.24) is 25.3 Å². The van der Waals surface area contributed by atoms with Crippen molar-refractivity contribution in [2.24, 2.45) is 0 Å². The van der Waals surface area contributed by atoms with Crippen molar-refractivity contribution >= 4 is 23.2 Å². The predicted molar refractivity (Wildman–Crippen MR) is 97.0 cm³/mol. The molecule has 1 unspecified atom stereocenters. The first-order valence-electron chi connectivity index (χ1n) is 7.95. The van der Waals surface area contributed by atoms with Gasteiger partial charge in [0.1, 0.15) is 0 Å². The molecule has 0 saturated carbocycles. The van der Waals surface area contributed by atoms with E-state index in [0.717, 1.165) is 16.3 Å². The van der Waals surface area contributed by atoms with E-state index in [-0.39, 0.29) is 17.9 Å². The van der Waals surface area contributed by atoms with Crippen molar-refractivity contribution in [3.05, 3.63) is 46.4 Å². The van der Waals surface area contributed by atoms with Gasteiger partial charge in [0.05, 0.1) is 51.9 Å². The van der Waals surface area contributed by atoms with Crippen LogP contribution in [0.4, 0.5) is 5.95 Å². The lowest BCUT2D eigenvalue weighted by atomic mass is 9.96. The normalized spacial score (nSPS) is 16.1. The molecule has 3 aromatic rings. The molecule has 0 saturated heterocycles. The molecule has 1 aliphatic heterocycles. The lowest BCUT2D eigenvalue weighted by Gasteiger charge is -2.25. The average molecular weight is 368 g/mol. The zero-order valence-corrected chi connectivity index (χ0v) is 15.0. The number of nitrogens with zero attached hydrogens (tertiary/aromatic N) is 4. The molecule has 26 heavy (non-hydrogen) atoms. The number of nitrogen functional groups attached to an aromatic ring is 1. The Balaban J connectivity index is 1.74. The summed E-state index contributed by atoms with van der Waals surface area (Å²) >= 11 is 1.47. The van der Waals surface area contributed by atoms with Crippen LogP contribution in [-0.4, -0.2) is 33.0 Å². The van der Waals surface area contributed by atoms with Crippen molar-refractivity contribution < 1.29 is 9.53 Å². The molecule has 0 fully saturated rings. The van der Waals surface area contributed by atoms with Crippen LogP contribution in [0.25, 0.3) is 10.6 Å². The van der Waals surface area contributed by atoms with Crippen LogP contribution in [0.1, 0.15) is 33.5 Å². The number of amides is 1. The van der Waals surface area contributed by atoms with Crippen LogP contribution in [0.15, 0.2) is 23.7 Å². The number of nitrogens with two attached hydrogens (primary N) is 1. The summed E-state index contributed by atoms with van der Waals surface area (Å²) in [6, 6.07) is 5.24. The van der Waals surface area contributed by atoms with Crippen LogP contribution in [-0.2, 0) is 6.42 Å². The Morgan fingerprint density at radius 3 is 2.96 bits per heavy atom. The largest absolute Gasteiger partial charge is 0.481 e. The number of hydrogen-bond donors (Lipinski definition) is 2. The van der Waals surface area contributed by atoms with Crippen LogP contribution in [0.3, 0.4) is 0 Å². The number of thiazole rings is 1. The summed E-state index contributed by atoms with van der Waals surface area (Å²) in [5.41, 5.74) is 10.7. The molecule has 1 aliphatic rings. The number of carbonyl (C=O) groups excluding carboxylic acids is 1. The van der Waals surface area contributed by atoms with E-state index in [1.165, 1.54) is 11.3 Å². The molecule has 132 valence electrons. The molecule has 8 nitrogen and oxygen atoms in total. The topological polar surface area (TPSA) is 116 Å². The first-order valence-corrected chi connectivity index (χ1v) is 8.83. The number of anilines is 1. The number of rotatable bonds is 3.